The third kappa shape index (κ3) is 3.16. The van der Waals surface area contributed by atoms with Crippen molar-refractivity contribution in [2.24, 2.45) is 0 Å². The standard InChI is InChI=1S/C13H15BrO3/c1-4-17-12-6-8(2)10(5-9(12)3)13(16)11(15)7-14/h5-6H,4,7H2,1-3H3. The Morgan fingerprint density at radius 2 is 1.88 bits per heavy atom. The topological polar surface area (TPSA) is 43.4 Å². The monoisotopic (exact) mass is 298 g/mol. The van der Waals surface area contributed by atoms with Gasteiger partial charge < -0.3 is 4.74 Å². The van der Waals surface area contributed by atoms with Gasteiger partial charge in [-0.2, -0.15) is 0 Å². The number of ketones is 2. The summed E-state index contributed by atoms with van der Waals surface area (Å²) in [5.74, 6) is -0.130. The van der Waals surface area contributed by atoms with Gasteiger partial charge in [0.25, 0.3) is 0 Å². The van der Waals surface area contributed by atoms with E-state index in [0.29, 0.717) is 12.2 Å². The Labute approximate surface area is 109 Å². The van der Waals surface area contributed by atoms with Gasteiger partial charge in [-0.05, 0) is 44.0 Å². The van der Waals surface area contributed by atoms with Gasteiger partial charge in [0.05, 0.1) is 11.9 Å². The number of hydrogen-bond acceptors (Lipinski definition) is 3. The van der Waals surface area contributed by atoms with Crippen LogP contribution in [0.15, 0.2) is 12.1 Å². The van der Waals surface area contributed by atoms with E-state index in [4.69, 9.17) is 4.74 Å². The maximum Gasteiger partial charge on any atom is 0.229 e. The maximum absolute atomic E-state index is 11.8. The Bertz CT molecular complexity index is 452. The maximum atomic E-state index is 11.8. The average molecular weight is 299 g/mol. The molecule has 0 spiro atoms. The molecule has 4 heteroatoms. The summed E-state index contributed by atoms with van der Waals surface area (Å²) < 4.78 is 5.43. The minimum Gasteiger partial charge on any atom is -0.494 e. The van der Waals surface area contributed by atoms with E-state index in [9.17, 15) is 9.59 Å². The average Bonchev–Trinajstić information content (AvgIpc) is 2.31. The second-order valence-corrected chi connectivity index (χ2v) is 4.31. The smallest absolute Gasteiger partial charge is 0.229 e. The molecule has 0 N–H and O–H groups in total. The minimum atomic E-state index is -0.453. The lowest BCUT2D eigenvalue weighted by atomic mass is 9.99. The fraction of sp³-hybridized carbons (Fsp3) is 0.385. The summed E-state index contributed by atoms with van der Waals surface area (Å²) in [6.07, 6.45) is 0. The van der Waals surface area contributed by atoms with E-state index in [1.807, 2.05) is 13.8 Å². The van der Waals surface area contributed by atoms with Gasteiger partial charge in [-0.25, -0.2) is 0 Å². The molecule has 0 unspecified atom stereocenters. The van der Waals surface area contributed by atoms with Gasteiger partial charge >= 0.3 is 0 Å². The number of halogens is 1. The van der Waals surface area contributed by atoms with Crippen LogP contribution in [-0.4, -0.2) is 23.5 Å². The summed E-state index contributed by atoms with van der Waals surface area (Å²) in [6, 6.07) is 3.51. The molecule has 3 nitrogen and oxygen atoms in total. The van der Waals surface area contributed by atoms with E-state index in [1.165, 1.54) is 0 Å². The van der Waals surface area contributed by atoms with Crippen LogP contribution in [-0.2, 0) is 4.79 Å². The van der Waals surface area contributed by atoms with Crippen LogP contribution >= 0.6 is 15.9 Å². The summed E-state index contributed by atoms with van der Waals surface area (Å²) in [6.45, 7) is 6.15. The van der Waals surface area contributed by atoms with E-state index in [-0.39, 0.29) is 5.33 Å². The van der Waals surface area contributed by atoms with E-state index >= 15 is 0 Å². The molecule has 92 valence electrons. The summed E-state index contributed by atoms with van der Waals surface area (Å²) in [5, 5.41) is 0.0531. The highest BCUT2D eigenvalue weighted by Crippen LogP contribution is 2.23. The SMILES string of the molecule is CCOc1cc(C)c(C(=O)C(=O)CBr)cc1C. The Balaban J connectivity index is 3.15. The molecular weight excluding hydrogens is 284 g/mol. The summed E-state index contributed by atoms with van der Waals surface area (Å²) in [7, 11) is 0. The third-order valence-corrected chi connectivity index (χ3v) is 2.95. The number of benzene rings is 1. The molecule has 1 aromatic carbocycles. The van der Waals surface area contributed by atoms with E-state index in [0.717, 1.165) is 16.9 Å². The van der Waals surface area contributed by atoms with Crippen LogP contribution in [0.3, 0.4) is 0 Å². The molecule has 0 aliphatic carbocycles. The number of ether oxygens (including phenoxy) is 1. The van der Waals surface area contributed by atoms with Crippen molar-refractivity contribution < 1.29 is 14.3 Å². The molecule has 0 saturated carbocycles. The first-order chi connectivity index (χ1) is 8.01. The van der Waals surface area contributed by atoms with Crippen LogP contribution in [0.25, 0.3) is 0 Å². The fourth-order valence-electron chi connectivity index (χ4n) is 1.56. The van der Waals surface area contributed by atoms with Crippen LogP contribution in [0.1, 0.15) is 28.4 Å². The van der Waals surface area contributed by atoms with Crippen molar-refractivity contribution in [3.8, 4) is 5.75 Å². The molecule has 1 rings (SSSR count). The van der Waals surface area contributed by atoms with Crippen LogP contribution in [0, 0.1) is 13.8 Å². The van der Waals surface area contributed by atoms with Gasteiger partial charge in [-0.1, -0.05) is 15.9 Å². The number of rotatable bonds is 5. The minimum absolute atomic E-state index is 0.0531. The van der Waals surface area contributed by atoms with Crippen molar-refractivity contribution in [1.29, 1.82) is 0 Å². The lowest BCUT2D eigenvalue weighted by molar-refractivity contribution is -0.112. The van der Waals surface area contributed by atoms with Crippen molar-refractivity contribution >= 4 is 27.5 Å². The van der Waals surface area contributed by atoms with Crippen LogP contribution < -0.4 is 4.74 Å². The van der Waals surface area contributed by atoms with Gasteiger partial charge in [0.1, 0.15) is 5.75 Å². The molecule has 0 amide bonds. The molecule has 0 aromatic heterocycles. The highest BCUT2D eigenvalue weighted by molar-refractivity contribution is 9.09. The number of hydrogen-bond donors (Lipinski definition) is 0. The number of Topliss-reactive ketones (excluding diaryl/α,β-unsaturated/α-hetero) is 2. The normalized spacial score (nSPS) is 10.1. The molecule has 0 atom stereocenters. The lowest BCUT2D eigenvalue weighted by Crippen LogP contribution is -2.16. The van der Waals surface area contributed by atoms with Gasteiger partial charge in [-0.15, -0.1) is 0 Å². The summed E-state index contributed by atoms with van der Waals surface area (Å²) in [5.41, 5.74) is 2.08. The number of carbonyl (C=O) groups is 2. The molecule has 0 heterocycles. The summed E-state index contributed by atoms with van der Waals surface area (Å²) >= 11 is 3.00. The zero-order chi connectivity index (χ0) is 13.0. The molecular formula is C13H15BrO3. The van der Waals surface area contributed by atoms with Gasteiger partial charge in [0, 0.05) is 5.56 Å². The van der Waals surface area contributed by atoms with Gasteiger partial charge in [-0.3, -0.25) is 9.59 Å². The predicted octanol–water partition coefficient (Wildman–Crippen LogP) is 2.85. The van der Waals surface area contributed by atoms with Crippen LogP contribution in [0.5, 0.6) is 5.75 Å². The molecule has 0 saturated heterocycles. The first kappa shape index (κ1) is 13.9. The molecule has 0 bridgehead atoms. The molecule has 0 radical (unpaired) electrons. The van der Waals surface area contributed by atoms with E-state index < -0.39 is 11.6 Å². The first-order valence-corrected chi connectivity index (χ1v) is 6.51. The van der Waals surface area contributed by atoms with Crippen molar-refractivity contribution in [1.82, 2.24) is 0 Å². The molecule has 0 aliphatic heterocycles. The zero-order valence-electron chi connectivity index (χ0n) is 10.2. The molecule has 0 aliphatic rings. The number of alkyl halides is 1. The van der Waals surface area contributed by atoms with Crippen LogP contribution in [0.2, 0.25) is 0 Å². The van der Waals surface area contributed by atoms with Gasteiger partial charge in [0.15, 0.2) is 0 Å². The Morgan fingerprint density at radius 1 is 1.24 bits per heavy atom. The predicted molar refractivity (Wildman–Crippen MR) is 70.2 cm³/mol. The fourth-order valence-corrected chi connectivity index (χ4v) is 1.81. The number of carbonyl (C=O) groups excluding carboxylic acids is 2. The Kier molecular flexibility index (Phi) is 4.87. The van der Waals surface area contributed by atoms with E-state index in [1.54, 1.807) is 19.1 Å². The second kappa shape index (κ2) is 5.96. The number of aryl methyl sites for hydroxylation is 2. The largest absolute Gasteiger partial charge is 0.494 e. The third-order valence-electron chi connectivity index (χ3n) is 2.44. The quantitative estimate of drug-likeness (QED) is 0.477. The summed E-state index contributed by atoms with van der Waals surface area (Å²) in [4.78, 5) is 23.2. The van der Waals surface area contributed by atoms with Crippen molar-refractivity contribution in [3.05, 3.63) is 28.8 Å². The van der Waals surface area contributed by atoms with Crippen LogP contribution in [0.4, 0.5) is 0 Å². The zero-order valence-corrected chi connectivity index (χ0v) is 11.8. The highest BCUT2D eigenvalue weighted by atomic mass is 79.9. The lowest BCUT2D eigenvalue weighted by Gasteiger charge is -2.11. The first-order valence-electron chi connectivity index (χ1n) is 5.38. The second-order valence-electron chi connectivity index (χ2n) is 3.75. The van der Waals surface area contributed by atoms with Crippen molar-refractivity contribution in [2.75, 3.05) is 11.9 Å². The van der Waals surface area contributed by atoms with E-state index in [2.05, 4.69) is 15.9 Å². The molecule has 1 aromatic rings. The highest BCUT2D eigenvalue weighted by Gasteiger charge is 2.18. The molecule has 17 heavy (non-hydrogen) atoms. The van der Waals surface area contributed by atoms with Crippen molar-refractivity contribution in [3.63, 3.8) is 0 Å². The van der Waals surface area contributed by atoms with Crippen molar-refractivity contribution in [2.45, 2.75) is 20.8 Å². The Morgan fingerprint density at radius 3 is 2.41 bits per heavy atom. The Hall–Kier alpha value is -1.16. The molecule has 0 fully saturated rings. The van der Waals surface area contributed by atoms with Gasteiger partial charge in [0.2, 0.25) is 11.6 Å².